The zero-order valence-corrected chi connectivity index (χ0v) is 14.8. The minimum atomic E-state index is -4.27. The lowest BCUT2D eigenvalue weighted by molar-refractivity contribution is -0.156. The molecule has 0 aliphatic carbocycles. The van der Waals surface area contributed by atoms with Gasteiger partial charge < -0.3 is 5.32 Å². The topological polar surface area (TPSA) is 54.3 Å². The van der Waals surface area contributed by atoms with Crippen LogP contribution in [0.3, 0.4) is 0 Å². The molecule has 1 aromatic heterocycles. The second-order valence-electron chi connectivity index (χ2n) is 6.54. The summed E-state index contributed by atoms with van der Waals surface area (Å²) in [4.78, 5) is 26.3. The molecule has 1 N–H and O–H groups in total. The Bertz CT molecular complexity index is 762. The number of alkyl halides is 3. The predicted octanol–water partition coefficient (Wildman–Crippen LogP) is 2.36. The van der Waals surface area contributed by atoms with Gasteiger partial charge in [0.15, 0.2) is 0 Å². The maximum atomic E-state index is 12.7. The Morgan fingerprint density at radius 2 is 2.08 bits per heavy atom. The molecule has 0 aromatic carbocycles. The molecule has 24 heavy (non-hydrogen) atoms. The monoisotopic (exact) mass is 407 g/mol. The molecule has 3 rings (SSSR count). The van der Waals surface area contributed by atoms with Crippen molar-refractivity contribution < 1.29 is 18.0 Å². The molecule has 2 aliphatic rings. The van der Waals surface area contributed by atoms with E-state index >= 15 is 0 Å². The average Bonchev–Trinajstić information content (AvgIpc) is 2.71. The van der Waals surface area contributed by atoms with Gasteiger partial charge in [-0.3, -0.25) is 19.1 Å². The van der Waals surface area contributed by atoms with Crippen LogP contribution in [0.15, 0.2) is 15.3 Å². The van der Waals surface area contributed by atoms with Gasteiger partial charge in [0.05, 0.1) is 11.0 Å². The van der Waals surface area contributed by atoms with E-state index < -0.39 is 24.4 Å². The second-order valence-corrected chi connectivity index (χ2v) is 7.39. The van der Waals surface area contributed by atoms with Crippen LogP contribution in [0, 0.1) is 6.92 Å². The highest BCUT2D eigenvalue weighted by atomic mass is 79.9. The van der Waals surface area contributed by atoms with Crippen LogP contribution in [0.5, 0.6) is 0 Å². The van der Waals surface area contributed by atoms with E-state index in [0.717, 1.165) is 0 Å². The minimum Gasteiger partial charge on any atom is -0.327 e. The first-order valence-electron chi connectivity index (χ1n) is 7.60. The Hall–Kier alpha value is -1.35. The van der Waals surface area contributed by atoms with Gasteiger partial charge in [0.25, 0.3) is 11.5 Å². The number of carbonyl (C=O) groups excluding carboxylic acids is 1. The largest absolute Gasteiger partial charge is 0.401 e. The number of amides is 1. The Balaban J connectivity index is 1.99. The van der Waals surface area contributed by atoms with Crippen LogP contribution in [-0.2, 0) is 5.66 Å². The quantitative estimate of drug-likeness (QED) is 0.777. The maximum absolute atomic E-state index is 12.7. The van der Waals surface area contributed by atoms with Crippen molar-refractivity contribution in [3.63, 3.8) is 0 Å². The molecule has 5 nitrogen and oxygen atoms in total. The van der Waals surface area contributed by atoms with E-state index in [-0.39, 0.29) is 30.9 Å². The molecule has 1 aromatic rings. The van der Waals surface area contributed by atoms with Gasteiger partial charge in [0.1, 0.15) is 11.4 Å². The van der Waals surface area contributed by atoms with E-state index in [1.165, 1.54) is 9.47 Å². The summed E-state index contributed by atoms with van der Waals surface area (Å²) >= 11 is 3.20. The SMILES string of the molecule is Cc1cc(Br)c(=O)n2c1C(=O)NC21CCN(CC(F)(F)F)C(C)C1. The Kier molecular flexibility index (Phi) is 4.07. The molecule has 1 spiro atoms. The van der Waals surface area contributed by atoms with E-state index in [2.05, 4.69) is 21.2 Å². The fourth-order valence-corrected chi connectivity index (χ4v) is 4.29. The normalized spacial score (nSPS) is 27.4. The Morgan fingerprint density at radius 1 is 1.42 bits per heavy atom. The summed E-state index contributed by atoms with van der Waals surface area (Å²) in [6.45, 7) is 2.58. The number of rotatable bonds is 1. The number of nitrogens with zero attached hydrogens (tertiary/aromatic N) is 2. The van der Waals surface area contributed by atoms with Crippen molar-refractivity contribution in [3.8, 4) is 0 Å². The lowest BCUT2D eigenvalue weighted by Gasteiger charge is -2.44. The summed E-state index contributed by atoms with van der Waals surface area (Å²) in [5.41, 5.74) is -0.356. The standard InChI is InChI=1S/C15H17BrF3N3O2/c1-8-5-10(16)13(24)22-11(8)12(23)20-14(22)3-4-21(9(2)6-14)7-15(17,18)19/h5,9H,3-4,6-7H2,1-2H3,(H,20,23). The van der Waals surface area contributed by atoms with Crippen molar-refractivity contribution in [2.45, 2.75) is 44.6 Å². The molecule has 9 heteroatoms. The zero-order chi connectivity index (χ0) is 17.9. The molecule has 0 saturated carbocycles. The summed E-state index contributed by atoms with van der Waals surface area (Å²) in [6.07, 6.45) is -3.77. The van der Waals surface area contributed by atoms with E-state index in [4.69, 9.17) is 0 Å². The predicted molar refractivity (Wildman–Crippen MR) is 84.9 cm³/mol. The number of hydrogen-bond acceptors (Lipinski definition) is 3. The highest BCUT2D eigenvalue weighted by molar-refractivity contribution is 9.10. The number of halogens is 4. The van der Waals surface area contributed by atoms with E-state index in [1.54, 1.807) is 19.9 Å². The van der Waals surface area contributed by atoms with E-state index in [9.17, 15) is 22.8 Å². The minimum absolute atomic E-state index is 0.151. The molecule has 1 amide bonds. The van der Waals surface area contributed by atoms with Gasteiger partial charge in [-0.25, -0.2) is 0 Å². The van der Waals surface area contributed by atoms with Gasteiger partial charge in [0, 0.05) is 25.4 Å². The van der Waals surface area contributed by atoms with Crippen molar-refractivity contribution in [2.24, 2.45) is 0 Å². The van der Waals surface area contributed by atoms with Gasteiger partial charge in [-0.2, -0.15) is 13.2 Å². The van der Waals surface area contributed by atoms with Gasteiger partial charge in [-0.1, -0.05) is 0 Å². The van der Waals surface area contributed by atoms with Crippen LogP contribution in [0.2, 0.25) is 0 Å². The maximum Gasteiger partial charge on any atom is 0.401 e. The number of aryl methyl sites for hydroxylation is 1. The second kappa shape index (κ2) is 5.59. The smallest absolute Gasteiger partial charge is 0.327 e. The van der Waals surface area contributed by atoms with Gasteiger partial charge >= 0.3 is 6.18 Å². The first-order chi connectivity index (χ1) is 11.0. The lowest BCUT2D eigenvalue weighted by atomic mass is 9.91. The molecule has 0 bridgehead atoms. The van der Waals surface area contributed by atoms with Crippen LogP contribution >= 0.6 is 15.9 Å². The third-order valence-corrected chi connectivity index (χ3v) is 5.36. The van der Waals surface area contributed by atoms with Crippen LogP contribution in [0.25, 0.3) is 0 Å². The molecule has 132 valence electrons. The molecular formula is C15H17BrF3N3O2. The Labute approximate surface area is 144 Å². The van der Waals surface area contributed by atoms with Crippen molar-refractivity contribution in [2.75, 3.05) is 13.1 Å². The third kappa shape index (κ3) is 2.77. The number of nitrogens with one attached hydrogen (secondary N) is 1. The van der Waals surface area contributed by atoms with Crippen LogP contribution in [0.4, 0.5) is 13.2 Å². The molecule has 2 aliphatic heterocycles. The van der Waals surface area contributed by atoms with E-state index in [0.29, 0.717) is 15.7 Å². The first kappa shape index (κ1) is 17.5. The van der Waals surface area contributed by atoms with Crippen molar-refractivity contribution in [1.82, 2.24) is 14.8 Å². The molecule has 1 saturated heterocycles. The highest BCUT2D eigenvalue weighted by Crippen LogP contribution is 2.37. The number of hydrogen-bond donors (Lipinski definition) is 1. The lowest BCUT2D eigenvalue weighted by Crippen LogP contribution is -2.58. The first-order valence-corrected chi connectivity index (χ1v) is 8.39. The number of fused-ring (bicyclic) bond motifs is 2. The number of aromatic nitrogens is 1. The van der Waals surface area contributed by atoms with Gasteiger partial charge in [-0.15, -0.1) is 0 Å². The van der Waals surface area contributed by atoms with Gasteiger partial charge in [-0.05, 0) is 41.4 Å². The summed E-state index contributed by atoms with van der Waals surface area (Å²) in [6, 6.07) is 1.17. The third-order valence-electron chi connectivity index (χ3n) is 4.79. The molecule has 2 atom stereocenters. The zero-order valence-electron chi connectivity index (χ0n) is 13.2. The summed E-state index contributed by atoms with van der Waals surface area (Å²) in [5, 5.41) is 2.85. The van der Waals surface area contributed by atoms with Crippen molar-refractivity contribution >= 4 is 21.8 Å². The fourth-order valence-electron chi connectivity index (χ4n) is 3.77. The fraction of sp³-hybridized carbons (Fsp3) is 0.600. The number of piperidine rings is 1. The van der Waals surface area contributed by atoms with Crippen LogP contribution in [0.1, 0.15) is 35.8 Å². The van der Waals surface area contributed by atoms with Gasteiger partial charge in [0.2, 0.25) is 0 Å². The number of pyridine rings is 1. The van der Waals surface area contributed by atoms with Crippen molar-refractivity contribution in [1.29, 1.82) is 0 Å². The number of carbonyl (C=O) groups is 1. The number of likely N-dealkylation sites (tertiary alicyclic amines) is 1. The molecular weight excluding hydrogens is 391 g/mol. The van der Waals surface area contributed by atoms with Crippen LogP contribution < -0.4 is 10.9 Å². The average molecular weight is 408 g/mol. The molecule has 0 radical (unpaired) electrons. The summed E-state index contributed by atoms with van der Waals surface area (Å²) in [5.74, 6) is -0.353. The van der Waals surface area contributed by atoms with E-state index in [1.807, 2.05) is 0 Å². The molecule has 3 heterocycles. The Morgan fingerprint density at radius 3 is 2.67 bits per heavy atom. The summed E-state index contributed by atoms with van der Waals surface area (Å²) < 4.78 is 39.8. The van der Waals surface area contributed by atoms with Crippen LogP contribution in [-0.4, -0.2) is 40.7 Å². The highest BCUT2D eigenvalue weighted by Gasteiger charge is 2.49. The summed E-state index contributed by atoms with van der Waals surface area (Å²) in [7, 11) is 0. The molecule has 1 fully saturated rings. The molecule has 2 unspecified atom stereocenters. The van der Waals surface area contributed by atoms with Crippen molar-refractivity contribution in [3.05, 3.63) is 32.2 Å².